The molecule has 1 aliphatic rings. The lowest BCUT2D eigenvalue weighted by Gasteiger charge is -2.13. The third-order valence-electron chi connectivity index (χ3n) is 4.12. The lowest BCUT2D eigenvalue weighted by atomic mass is 9.97. The maximum atomic E-state index is 11.6. The second-order valence-electron chi connectivity index (χ2n) is 5.97. The van der Waals surface area contributed by atoms with Gasteiger partial charge in [0.1, 0.15) is 6.33 Å². The zero-order valence-electron chi connectivity index (χ0n) is 14.2. The highest BCUT2D eigenvalue weighted by Crippen LogP contribution is 2.36. The molecule has 136 valence electrons. The lowest BCUT2D eigenvalue weighted by Crippen LogP contribution is -2.09. The van der Waals surface area contributed by atoms with E-state index in [-0.39, 0.29) is 11.5 Å². The SMILES string of the molecule is O=[N+]([O-])c1c(NCCC2=CCCCC2)ncnc1Sc1ccc(Cl)cc1. The zero-order chi connectivity index (χ0) is 18.4. The summed E-state index contributed by atoms with van der Waals surface area (Å²) < 4.78 is 0. The van der Waals surface area contributed by atoms with Crippen LogP contribution in [-0.4, -0.2) is 21.4 Å². The molecule has 1 heterocycles. The van der Waals surface area contributed by atoms with Crippen molar-refractivity contribution in [2.45, 2.75) is 42.0 Å². The third-order valence-corrected chi connectivity index (χ3v) is 5.37. The van der Waals surface area contributed by atoms with Crippen LogP contribution in [0.25, 0.3) is 0 Å². The Labute approximate surface area is 161 Å². The summed E-state index contributed by atoms with van der Waals surface area (Å²) in [6.45, 7) is 0.620. The number of halogens is 1. The van der Waals surface area contributed by atoms with Crippen molar-refractivity contribution < 1.29 is 4.92 Å². The van der Waals surface area contributed by atoms with E-state index in [4.69, 9.17) is 11.6 Å². The third kappa shape index (κ3) is 4.95. The Balaban J connectivity index is 1.73. The van der Waals surface area contributed by atoms with Crippen molar-refractivity contribution in [3.8, 4) is 0 Å². The molecule has 1 N–H and O–H groups in total. The van der Waals surface area contributed by atoms with Gasteiger partial charge in [0.15, 0.2) is 5.03 Å². The summed E-state index contributed by atoms with van der Waals surface area (Å²) in [5.74, 6) is 0.262. The molecule has 0 fully saturated rings. The average Bonchev–Trinajstić information content (AvgIpc) is 2.64. The highest BCUT2D eigenvalue weighted by molar-refractivity contribution is 7.99. The van der Waals surface area contributed by atoms with Crippen molar-refractivity contribution in [2.75, 3.05) is 11.9 Å². The molecule has 0 radical (unpaired) electrons. The predicted octanol–water partition coefficient (Wildman–Crippen LogP) is 5.49. The normalized spacial score (nSPS) is 14.0. The fourth-order valence-electron chi connectivity index (χ4n) is 2.82. The summed E-state index contributed by atoms with van der Waals surface area (Å²) in [6, 6.07) is 7.10. The number of aromatic nitrogens is 2. The van der Waals surface area contributed by atoms with Gasteiger partial charge in [-0.15, -0.1) is 0 Å². The Hall–Kier alpha value is -2.12. The Kier molecular flexibility index (Phi) is 6.46. The van der Waals surface area contributed by atoms with E-state index in [0.29, 0.717) is 16.6 Å². The van der Waals surface area contributed by atoms with Gasteiger partial charge in [-0.25, -0.2) is 9.97 Å². The molecule has 3 rings (SSSR count). The second kappa shape index (κ2) is 9.00. The Bertz CT molecular complexity index is 811. The van der Waals surface area contributed by atoms with Gasteiger partial charge in [0, 0.05) is 16.5 Å². The van der Waals surface area contributed by atoms with Crippen molar-refractivity contribution in [3.05, 3.63) is 57.4 Å². The molecule has 0 saturated heterocycles. The van der Waals surface area contributed by atoms with Gasteiger partial charge in [0.25, 0.3) is 0 Å². The van der Waals surface area contributed by atoms with Gasteiger partial charge in [0.2, 0.25) is 5.82 Å². The van der Waals surface area contributed by atoms with Gasteiger partial charge in [-0.1, -0.05) is 35.0 Å². The van der Waals surface area contributed by atoms with Gasteiger partial charge in [-0.05, 0) is 56.4 Å². The van der Waals surface area contributed by atoms with Crippen molar-refractivity contribution in [2.24, 2.45) is 0 Å². The first kappa shape index (κ1) is 18.7. The van der Waals surface area contributed by atoms with E-state index in [1.165, 1.54) is 36.5 Å². The summed E-state index contributed by atoms with van der Waals surface area (Å²) in [6.07, 6.45) is 9.23. The summed E-state index contributed by atoms with van der Waals surface area (Å²) in [7, 11) is 0. The van der Waals surface area contributed by atoms with Crippen molar-refractivity contribution in [1.29, 1.82) is 0 Å². The second-order valence-corrected chi connectivity index (χ2v) is 7.47. The molecule has 0 unspecified atom stereocenters. The number of allylic oxidation sites excluding steroid dienone is 1. The van der Waals surface area contributed by atoms with Gasteiger partial charge in [-0.3, -0.25) is 10.1 Å². The highest BCUT2D eigenvalue weighted by Gasteiger charge is 2.23. The van der Waals surface area contributed by atoms with Crippen LogP contribution in [0.15, 0.2) is 52.2 Å². The number of hydrogen-bond donors (Lipinski definition) is 1. The van der Waals surface area contributed by atoms with Crippen molar-refractivity contribution in [3.63, 3.8) is 0 Å². The molecule has 1 aromatic heterocycles. The largest absolute Gasteiger partial charge is 0.364 e. The number of anilines is 1. The number of hydrogen-bond acceptors (Lipinski definition) is 6. The van der Waals surface area contributed by atoms with Gasteiger partial charge in [0.05, 0.1) is 4.92 Å². The van der Waals surface area contributed by atoms with E-state index in [0.717, 1.165) is 24.2 Å². The Morgan fingerprint density at radius 2 is 2.04 bits per heavy atom. The maximum absolute atomic E-state index is 11.6. The van der Waals surface area contributed by atoms with E-state index in [1.807, 2.05) is 12.1 Å². The molecule has 0 saturated carbocycles. The number of rotatable bonds is 7. The van der Waals surface area contributed by atoms with E-state index in [1.54, 1.807) is 12.1 Å². The average molecular weight is 391 g/mol. The topological polar surface area (TPSA) is 81.0 Å². The summed E-state index contributed by atoms with van der Waals surface area (Å²) in [5.41, 5.74) is 1.32. The Morgan fingerprint density at radius 1 is 1.23 bits per heavy atom. The van der Waals surface area contributed by atoms with E-state index >= 15 is 0 Å². The summed E-state index contributed by atoms with van der Waals surface area (Å²) >= 11 is 7.11. The van der Waals surface area contributed by atoms with Crippen LogP contribution < -0.4 is 5.32 Å². The van der Waals surface area contributed by atoms with Gasteiger partial charge in [-0.2, -0.15) is 0 Å². The Morgan fingerprint density at radius 3 is 2.73 bits per heavy atom. The molecule has 0 aliphatic heterocycles. The minimum atomic E-state index is -0.430. The first-order chi connectivity index (χ1) is 12.6. The van der Waals surface area contributed by atoms with Crippen molar-refractivity contribution in [1.82, 2.24) is 9.97 Å². The van der Waals surface area contributed by atoms with E-state index < -0.39 is 4.92 Å². The van der Waals surface area contributed by atoms with Crippen molar-refractivity contribution >= 4 is 34.9 Å². The number of benzene rings is 1. The predicted molar refractivity (Wildman–Crippen MR) is 104 cm³/mol. The first-order valence-corrected chi connectivity index (χ1v) is 9.67. The molecular formula is C18H19ClN4O2S. The molecule has 0 spiro atoms. The van der Waals surface area contributed by atoms with Crippen LogP contribution in [0.4, 0.5) is 11.5 Å². The standard InChI is InChI=1S/C18H19ClN4O2S/c19-14-6-8-15(9-7-14)26-18-16(23(24)25)17(21-12-22-18)20-11-10-13-4-2-1-3-5-13/h4,6-9,12H,1-3,5,10-11H2,(H,20,21,22). The molecule has 1 aliphatic carbocycles. The van der Waals surface area contributed by atoms with Gasteiger partial charge >= 0.3 is 5.69 Å². The van der Waals surface area contributed by atoms with Crippen LogP contribution in [0.5, 0.6) is 0 Å². The summed E-state index contributed by atoms with van der Waals surface area (Å²) in [4.78, 5) is 20.2. The first-order valence-electron chi connectivity index (χ1n) is 8.48. The molecule has 1 aromatic carbocycles. The summed E-state index contributed by atoms with van der Waals surface area (Å²) in [5, 5.41) is 15.6. The molecule has 0 bridgehead atoms. The smallest absolute Gasteiger partial charge is 0.343 e. The minimum absolute atomic E-state index is 0.0925. The zero-order valence-corrected chi connectivity index (χ0v) is 15.7. The number of nitrogens with one attached hydrogen (secondary N) is 1. The van der Waals surface area contributed by atoms with Crippen LogP contribution in [-0.2, 0) is 0 Å². The number of nitro groups is 1. The fraction of sp³-hybridized carbons (Fsp3) is 0.333. The number of nitrogens with zero attached hydrogens (tertiary/aromatic N) is 3. The van der Waals surface area contributed by atoms with Crippen LogP contribution in [0.3, 0.4) is 0 Å². The quantitative estimate of drug-likeness (QED) is 0.291. The highest BCUT2D eigenvalue weighted by atomic mass is 35.5. The molecule has 0 amide bonds. The van der Waals surface area contributed by atoms with Crippen LogP contribution >= 0.6 is 23.4 Å². The van der Waals surface area contributed by atoms with E-state index in [2.05, 4.69) is 21.4 Å². The maximum Gasteiger partial charge on any atom is 0.343 e. The molecule has 26 heavy (non-hydrogen) atoms. The van der Waals surface area contributed by atoms with Crippen LogP contribution in [0, 0.1) is 10.1 Å². The molecule has 0 atom stereocenters. The minimum Gasteiger partial charge on any atom is -0.364 e. The fourth-order valence-corrected chi connectivity index (χ4v) is 3.81. The van der Waals surface area contributed by atoms with E-state index in [9.17, 15) is 10.1 Å². The van der Waals surface area contributed by atoms with Gasteiger partial charge < -0.3 is 5.32 Å². The molecule has 2 aromatic rings. The molecule has 8 heteroatoms. The monoisotopic (exact) mass is 390 g/mol. The van der Waals surface area contributed by atoms with Crippen LogP contribution in [0.2, 0.25) is 5.02 Å². The molecular weight excluding hydrogens is 372 g/mol. The lowest BCUT2D eigenvalue weighted by molar-refractivity contribution is -0.387. The van der Waals surface area contributed by atoms with Crippen LogP contribution in [0.1, 0.15) is 32.1 Å². The molecule has 6 nitrogen and oxygen atoms in total.